The summed E-state index contributed by atoms with van der Waals surface area (Å²) in [5.74, 6) is -0.426. The van der Waals surface area contributed by atoms with E-state index in [1.54, 1.807) is 24.8 Å². The monoisotopic (exact) mass is 226 g/mol. The molecule has 0 bridgehead atoms. The number of nitrogens with one attached hydrogen (secondary N) is 2. The van der Waals surface area contributed by atoms with Gasteiger partial charge in [0.2, 0.25) is 0 Å². The van der Waals surface area contributed by atoms with Crippen molar-refractivity contribution in [2.45, 2.75) is 6.92 Å². The van der Waals surface area contributed by atoms with Crippen molar-refractivity contribution in [3.05, 3.63) is 42.0 Å². The first-order valence-electron chi connectivity index (χ1n) is 5.02. The summed E-state index contributed by atoms with van der Waals surface area (Å²) < 4.78 is 0. The lowest BCUT2D eigenvalue weighted by atomic mass is 10.1. The molecule has 0 fully saturated rings. The largest absolute Gasteiger partial charge is 0.356 e. The molecule has 2 aromatic rings. The molecule has 0 unspecified atom stereocenters. The van der Waals surface area contributed by atoms with Crippen molar-refractivity contribution >= 4 is 5.91 Å². The molecule has 17 heavy (non-hydrogen) atoms. The predicted octanol–water partition coefficient (Wildman–Crippen LogP) is 1.60. The molecule has 0 aliphatic heterocycles. The SMILES string of the molecule is Cc1c(-c2ccncc2)c[nH]c1C(=O)NC#N. The molecule has 0 aromatic carbocycles. The second kappa shape index (κ2) is 4.49. The summed E-state index contributed by atoms with van der Waals surface area (Å²) in [6.07, 6.45) is 6.74. The molecule has 2 rings (SSSR count). The number of carbonyl (C=O) groups is 1. The van der Waals surface area contributed by atoms with Gasteiger partial charge in [0, 0.05) is 24.2 Å². The Morgan fingerprint density at radius 3 is 2.82 bits per heavy atom. The number of hydrogen-bond donors (Lipinski definition) is 2. The fourth-order valence-corrected chi connectivity index (χ4v) is 1.68. The van der Waals surface area contributed by atoms with Crippen LogP contribution in [0, 0.1) is 18.4 Å². The van der Waals surface area contributed by atoms with Crippen molar-refractivity contribution in [3.8, 4) is 17.3 Å². The van der Waals surface area contributed by atoms with Gasteiger partial charge in [0.25, 0.3) is 5.91 Å². The van der Waals surface area contributed by atoms with Gasteiger partial charge in [-0.1, -0.05) is 0 Å². The molecule has 0 atom stereocenters. The standard InChI is InChI=1S/C12H10N4O/c1-8-10(9-2-4-14-5-3-9)6-15-11(8)12(17)16-7-13/h2-6,15H,1H3,(H,16,17). The Labute approximate surface area is 98.1 Å². The molecule has 84 valence electrons. The van der Waals surface area contributed by atoms with Gasteiger partial charge >= 0.3 is 0 Å². The Hall–Kier alpha value is -2.61. The highest BCUT2D eigenvalue weighted by Crippen LogP contribution is 2.24. The summed E-state index contributed by atoms with van der Waals surface area (Å²) >= 11 is 0. The lowest BCUT2D eigenvalue weighted by molar-refractivity contribution is 0.0968. The number of nitrogens with zero attached hydrogens (tertiary/aromatic N) is 2. The Balaban J connectivity index is 2.41. The number of carbonyl (C=O) groups excluding carboxylic acids is 1. The highest BCUT2D eigenvalue weighted by Gasteiger charge is 2.14. The van der Waals surface area contributed by atoms with E-state index < -0.39 is 5.91 Å². The van der Waals surface area contributed by atoms with Crippen LogP contribution in [-0.4, -0.2) is 15.9 Å². The van der Waals surface area contributed by atoms with Gasteiger partial charge < -0.3 is 4.98 Å². The van der Waals surface area contributed by atoms with Gasteiger partial charge in [0.05, 0.1) is 0 Å². The minimum atomic E-state index is -0.426. The van der Waals surface area contributed by atoms with Crippen LogP contribution in [0.15, 0.2) is 30.7 Å². The third-order valence-corrected chi connectivity index (χ3v) is 2.53. The maximum atomic E-state index is 11.5. The van der Waals surface area contributed by atoms with Crippen molar-refractivity contribution in [3.63, 3.8) is 0 Å². The van der Waals surface area contributed by atoms with E-state index in [1.165, 1.54) is 0 Å². The molecule has 0 aliphatic rings. The third kappa shape index (κ3) is 2.01. The van der Waals surface area contributed by atoms with Crippen LogP contribution in [-0.2, 0) is 0 Å². The van der Waals surface area contributed by atoms with Crippen LogP contribution in [0.1, 0.15) is 16.1 Å². The van der Waals surface area contributed by atoms with E-state index in [-0.39, 0.29) is 0 Å². The van der Waals surface area contributed by atoms with E-state index >= 15 is 0 Å². The molecular formula is C12H10N4O. The summed E-state index contributed by atoms with van der Waals surface area (Å²) in [5.41, 5.74) is 3.11. The van der Waals surface area contributed by atoms with Crippen molar-refractivity contribution in [1.82, 2.24) is 15.3 Å². The number of nitriles is 1. The average molecular weight is 226 g/mol. The number of aromatic amines is 1. The normalized spacial score (nSPS) is 9.65. The van der Waals surface area contributed by atoms with Crippen LogP contribution in [0.3, 0.4) is 0 Å². The maximum Gasteiger partial charge on any atom is 0.280 e. The molecule has 2 heterocycles. The van der Waals surface area contributed by atoms with Gasteiger partial charge in [0.15, 0.2) is 6.19 Å². The molecule has 2 N–H and O–H groups in total. The molecule has 0 saturated carbocycles. The van der Waals surface area contributed by atoms with Crippen LogP contribution in [0.2, 0.25) is 0 Å². The lowest BCUT2D eigenvalue weighted by Gasteiger charge is -2.00. The molecule has 1 amide bonds. The van der Waals surface area contributed by atoms with Crippen molar-refractivity contribution in [1.29, 1.82) is 5.26 Å². The van der Waals surface area contributed by atoms with Crippen molar-refractivity contribution in [2.24, 2.45) is 0 Å². The zero-order valence-corrected chi connectivity index (χ0v) is 9.19. The summed E-state index contributed by atoms with van der Waals surface area (Å²) in [5, 5.41) is 10.5. The van der Waals surface area contributed by atoms with Crippen LogP contribution in [0.4, 0.5) is 0 Å². The number of amides is 1. The zero-order chi connectivity index (χ0) is 12.3. The first-order valence-corrected chi connectivity index (χ1v) is 5.02. The van der Waals surface area contributed by atoms with E-state index in [0.717, 1.165) is 16.7 Å². The summed E-state index contributed by atoms with van der Waals surface area (Å²) in [6.45, 7) is 1.83. The molecule has 0 radical (unpaired) electrons. The van der Waals surface area contributed by atoms with Gasteiger partial charge in [-0.2, -0.15) is 5.26 Å². The first-order chi connectivity index (χ1) is 8.24. The van der Waals surface area contributed by atoms with Crippen LogP contribution in [0.25, 0.3) is 11.1 Å². The van der Waals surface area contributed by atoms with Crippen molar-refractivity contribution < 1.29 is 4.79 Å². The van der Waals surface area contributed by atoms with Crippen LogP contribution in [0.5, 0.6) is 0 Å². The van der Waals surface area contributed by atoms with Gasteiger partial charge in [0.1, 0.15) is 5.69 Å². The van der Waals surface area contributed by atoms with Crippen LogP contribution >= 0.6 is 0 Å². The summed E-state index contributed by atoms with van der Waals surface area (Å²) in [6, 6.07) is 3.73. The molecular weight excluding hydrogens is 216 g/mol. The molecule has 5 heteroatoms. The van der Waals surface area contributed by atoms with E-state index in [4.69, 9.17) is 5.26 Å². The highest BCUT2D eigenvalue weighted by molar-refractivity contribution is 5.96. The number of pyridine rings is 1. The van der Waals surface area contributed by atoms with Gasteiger partial charge in [-0.05, 0) is 30.2 Å². The Morgan fingerprint density at radius 1 is 1.47 bits per heavy atom. The van der Waals surface area contributed by atoms with Gasteiger partial charge in [-0.25, -0.2) is 0 Å². The second-order valence-corrected chi connectivity index (χ2v) is 3.50. The van der Waals surface area contributed by atoms with Gasteiger partial charge in [-0.3, -0.25) is 15.1 Å². The third-order valence-electron chi connectivity index (χ3n) is 2.53. The molecule has 0 spiro atoms. The molecule has 0 aliphatic carbocycles. The zero-order valence-electron chi connectivity index (χ0n) is 9.19. The van der Waals surface area contributed by atoms with E-state index in [1.807, 2.05) is 19.1 Å². The Morgan fingerprint density at radius 2 is 2.18 bits per heavy atom. The second-order valence-electron chi connectivity index (χ2n) is 3.50. The van der Waals surface area contributed by atoms with Crippen LogP contribution < -0.4 is 5.32 Å². The summed E-state index contributed by atoms with van der Waals surface area (Å²) in [4.78, 5) is 18.3. The Kier molecular flexibility index (Phi) is 2.88. The van der Waals surface area contributed by atoms with E-state index in [9.17, 15) is 4.79 Å². The van der Waals surface area contributed by atoms with E-state index in [2.05, 4.69) is 15.3 Å². The molecule has 5 nitrogen and oxygen atoms in total. The number of hydrogen-bond acceptors (Lipinski definition) is 3. The number of aromatic nitrogens is 2. The number of H-pyrrole nitrogens is 1. The number of rotatable bonds is 2. The van der Waals surface area contributed by atoms with E-state index in [0.29, 0.717) is 5.69 Å². The average Bonchev–Trinajstić information content (AvgIpc) is 2.72. The minimum Gasteiger partial charge on any atom is -0.356 e. The van der Waals surface area contributed by atoms with Crippen molar-refractivity contribution in [2.75, 3.05) is 0 Å². The molecule has 2 aromatic heterocycles. The Bertz CT molecular complexity index is 580. The quantitative estimate of drug-likeness (QED) is 0.602. The fourth-order valence-electron chi connectivity index (χ4n) is 1.68. The minimum absolute atomic E-state index is 0.401. The summed E-state index contributed by atoms with van der Waals surface area (Å²) in [7, 11) is 0. The first kappa shape index (κ1) is 10.9. The predicted molar refractivity (Wildman–Crippen MR) is 61.8 cm³/mol. The smallest absolute Gasteiger partial charge is 0.280 e. The topological polar surface area (TPSA) is 81.6 Å². The highest BCUT2D eigenvalue weighted by atomic mass is 16.1. The lowest BCUT2D eigenvalue weighted by Crippen LogP contribution is -2.18. The molecule has 0 saturated heterocycles. The maximum absolute atomic E-state index is 11.5. The fraction of sp³-hybridized carbons (Fsp3) is 0.0833. The van der Waals surface area contributed by atoms with Gasteiger partial charge in [-0.15, -0.1) is 0 Å².